The molecule has 0 spiro atoms. The molecule has 86 valence electrons. The molecule has 0 aromatic carbocycles. The van der Waals surface area contributed by atoms with Crippen molar-refractivity contribution >= 4 is 6.03 Å². The number of urea groups is 1. The van der Waals surface area contributed by atoms with Crippen LogP contribution < -0.4 is 0 Å². The van der Waals surface area contributed by atoms with E-state index < -0.39 is 0 Å². The third kappa shape index (κ3) is 2.62. The molecule has 4 nitrogen and oxygen atoms in total. The summed E-state index contributed by atoms with van der Waals surface area (Å²) in [7, 11) is 1.91. The Morgan fingerprint density at radius 2 is 2.07 bits per heavy atom. The van der Waals surface area contributed by atoms with Crippen molar-refractivity contribution in [1.29, 1.82) is 0 Å². The number of hydrogen-bond acceptors (Lipinski definition) is 2. The van der Waals surface area contributed by atoms with Gasteiger partial charge < -0.3 is 14.5 Å². The Kier molecular flexibility index (Phi) is 3.14. The molecule has 2 fully saturated rings. The molecular weight excluding hydrogens is 192 g/mol. The monoisotopic (exact) mass is 212 g/mol. The summed E-state index contributed by atoms with van der Waals surface area (Å²) >= 11 is 0. The molecule has 0 radical (unpaired) electrons. The van der Waals surface area contributed by atoms with Gasteiger partial charge in [0, 0.05) is 26.7 Å². The van der Waals surface area contributed by atoms with Crippen LogP contribution in [0.15, 0.2) is 0 Å². The molecule has 2 aliphatic rings. The van der Waals surface area contributed by atoms with E-state index in [0.29, 0.717) is 13.2 Å². The average molecular weight is 212 g/mol. The maximum Gasteiger partial charge on any atom is 0.319 e. The summed E-state index contributed by atoms with van der Waals surface area (Å²) in [6.07, 6.45) is 1.28. The molecule has 1 saturated carbocycles. The van der Waals surface area contributed by atoms with E-state index in [0.717, 1.165) is 31.5 Å². The topological polar surface area (TPSA) is 32.8 Å². The molecule has 0 N–H and O–H groups in total. The maximum absolute atomic E-state index is 12.0. The van der Waals surface area contributed by atoms with Crippen molar-refractivity contribution in [2.24, 2.45) is 11.8 Å². The van der Waals surface area contributed by atoms with Crippen molar-refractivity contribution in [2.45, 2.75) is 13.3 Å². The van der Waals surface area contributed by atoms with Crippen molar-refractivity contribution < 1.29 is 9.53 Å². The van der Waals surface area contributed by atoms with Gasteiger partial charge in [0.25, 0.3) is 0 Å². The van der Waals surface area contributed by atoms with Gasteiger partial charge in [0.2, 0.25) is 0 Å². The first-order valence-corrected chi connectivity index (χ1v) is 5.76. The number of ether oxygens (including phenoxy) is 1. The molecule has 1 aliphatic heterocycles. The minimum Gasteiger partial charge on any atom is -0.378 e. The molecule has 2 unspecified atom stereocenters. The van der Waals surface area contributed by atoms with Gasteiger partial charge in [-0.15, -0.1) is 0 Å². The third-order valence-corrected chi connectivity index (χ3v) is 3.39. The van der Waals surface area contributed by atoms with Gasteiger partial charge in [-0.05, 0) is 18.3 Å². The summed E-state index contributed by atoms with van der Waals surface area (Å²) in [5, 5.41) is 0. The summed E-state index contributed by atoms with van der Waals surface area (Å²) in [5.41, 5.74) is 0. The fraction of sp³-hybridized carbons (Fsp3) is 0.909. The van der Waals surface area contributed by atoms with Crippen LogP contribution in [0.25, 0.3) is 0 Å². The van der Waals surface area contributed by atoms with Crippen LogP contribution in [0.3, 0.4) is 0 Å². The highest BCUT2D eigenvalue weighted by Crippen LogP contribution is 2.38. The van der Waals surface area contributed by atoms with Crippen LogP contribution in [0.5, 0.6) is 0 Å². The summed E-state index contributed by atoms with van der Waals surface area (Å²) in [6.45, 7) is 6.00. The first-order valence-electron chi connectivity index (χ1n) is 5.76. The zero-order valence-electron chi connectivity index (χ0n) is 9.61. The SMILES string of the molecule is CC1CC1CN(C)C(=O)N1CCOCC1. The zero-order chi connectivity index (χ0) is 10.8. The second-order valence-corrected chi connectivity index (χ2v) is 4.74. The standard InChI is InChI=1S/C11H20N2O2/c1-9-7-10(9)8-12(2)11(14)13-3-5-15-6-4-13/h9-10H,3-8H2,1-2H3. The van der Waals surface area contributed by atoms with E-state index in [4.69, 9.17) is 4.74 Å². The van der Waals surface area contributed by atoms with Gasteiger partial charge in [-0.3, -0.25) is 0 Å². The molecule has 2 amide bonds. The highest BCUT2D eigenvalue weighted by molar-refractivity contribution is 5.74. The predicted octanol–water partition coefficient (Wildman–Crippen LogP) is 1.03. The highest BCUT2D eigenvalue weighted by Gasteiger charge is 2.35. The van der Waals surface area contributed by atoms with Crippen molar-refractivity contribution in [3.63, 3.8) is 0 Å². The van der Waals surface area contributed by atoms with Gasteiger partial charge in [0.1, 0.15) is 0 Å². The molecule has 0 aromatic rings. The molecule has 0 aromatic heterocycles. The first kappa shape index (κ1) is 10.7. The number of carbonyl (C=O) groups excluding carboxylic acids is 1. The molecule has 1 saturated heterocycles. The van der Waals surface area contributed by atoms with Gasteiger partial charge in [0.05, 0.1) is 13.2 Å². The summed E-state index contributed by atoms with van der Waals surface area (Å²) in [6, 6.07) is 0.164. The van der Waals surface area contributed by atoms with Gasteiger partial charge in [-0.1, -0.05) is 6.92 Å². The Morgan fingerprint density at radius 3 is 2.60 bits per heavy atom. The molecule has 1 heterocycles. The summed E-state index contributed by atoms with van der Waals surface area (Å²) in [4.78, 5) is 15.7. The van der Waals surface area contributed by atoms with E-state index in [2.05, 4.69) is 6.92 Å². The van der Waals surface area contributed by atoms with Gasteiger partial charge in [0.15, 0.2) is 0 Å². The van der Waals surface area contributed by atoms with E-state index in [1.165, 1.54) is 6.42 Å². The lowest BCUT2D eigenvalue weighted by Gasteiger charge is -2.31. The lowest BCUT2D eigenvalue weighted by Crippen LogP contribution is -2.47. The maximum atomic E-state index is 12.0. The van der Waals surface area contributed by atoms with Crippen LogP contribution in [-0.2, 0) is 4.74 Å². The molecule has 15 heavy (non-hydrogen) atoms. The van der Waals surface area contributed by atoms with Crippen molar-refractivity contribution in [3.05, 3.63) is 0 Å². The van der Waals surface area contributed by atoms with Crippen LogP contribution in [0.4, 0.5) is 4.79 Å². The van der Waals surface area contributed by atoms with Crippen molar-refractivity contribution in [2.75, 3.05) is 39.9 Å². The zero-order valence-corrected chi connectivity index (χ0v) is 9.61. The average Bonchev–Trinajstić information content (AvgIpc) is 2.94. The first-order chi connectivity index (χ1) is 7.18. The van der Waals surface area contributed by atoms with Crippen LogP contribution >= 0.6 is 0 Å². The van der Waals surface area contributed by atoms with E-state index in [9.17, 15) is 4.79 Å². The van der Waals surface area contributed by atoms with Crippen LogP contribution in [0, 0.1) is 11.8 Å². The predicted molar refractivity (Wildman–Crippen MR) is 57.7 cm³/mol. The quantitative estimate of drug-likeness (QED) is 0.685. The smallest absolute Gasteiger partial charge is 0.319 e. The minimum atomic E-state index is 0.164. The van der Waals surface area contributed by atoms with Gasteiger partial charge in [-0.25, -0.2) is 4.79 Å². The van der Waals surface area contributed by atoms with Crippen LogP contribution in [0.2, 0.25) is 0 Å². The van der Waals surface area contributed by atoms with E-state index in [1.54, 1.807) is 0 Å². The number of carbonyl (C=O) groups is 1. The Bertz CT molecular complexity index is 239. The third-order valence-electron chi connectivity index (χ3n) is 3.39. The molecule has 2 rings (SSSR count). The molecule has 1 aliphatic carbocycles. The number of nitrogens with zero attached hydrogens (tertiary/aromatic N) is 2. The van der Waals surface area contributed by atoms with E-state index in [-0.39, 0.29) is 6.03 Å². The minimum absolute atomic E-state index is 0.164. The molecule has 4 heteroatoms. The lowest BCUT2D eigenvalue weighted by atomic mass is 10.3. The Hall–Kier alpha value is -0.770. The van der Waals surface area contributed by atoms with Crippen molar-refractivity contribution in [1.82, 2.24) is 9.80 Å². The fourth-order valence-electron chi connectivity index (χ4n) is 2.08. The second kappa shape index (κ2) is 4.39. The Balaban J connectivity index is 1.78. The normalized spacial score (nSPS) is 30.1. The Labute approximate surface area is 91.2 Å². The van der Waals surface area contributed by atoms with Crippen LogP contribution in [0.1, 0.15) is 13.3 Å². The molecule has 2 atom stereocenters. The fourth-order valence-corrected chi connectivity index (χ4v) is 2.08. The highest BCUT2D eigenvalue weighted by atomic mass is 16.5. The number of amides is 2. The van der Waals surface area contributed by atoms with Crippen LogP contribution in [-0.4, -0.2) is 55.7 Å². The van der Waals surface area contributed by atoms with E-state index >= 15 is 0 Å². The van der Waals surface area contributed by atoms with Gasteiger partial charge in [-0.2, -0.15) is 0 Å². The lowest BCUT2D eigenvalue weighted by molar-refractivity contribution is 0.0449. The van der Waals surface area contributed by atoms with Gasteiger partial charge >= 0.3 is 6.03 Å². The van der Waals surface area contributed by atoms with E-state index in [1.807, 2.05) is 16.8 Å². The molecular formula is C11H20N2O2. The number of morpholine rings is 1. The summed E-state index contributed by atoms with van der Waals surface area (Å²) < 4.78 is 5.23. The summed E-state index contributed by atoms with van der Waals surface area (Å²) in [5.74, 6) is 1.55. The van der Waals surface area contributed by atoms with Crippen molar-refractivity contribution in [3.8, 4) is 0 Å². The Morgan fingerprint density at radius 1 is 1.47 bits per heavy atom. The number of rotatable bonds is 2. The molecule has 0 bridgehead atoms. The largest absolute Gasteiger partial charge is 0.378 e. The number of hydrogen-bond donors (Lipinski definition) is 0. The second-order valence-electron chi connectivity index (χ2n) is 4.74.